The third-order valence-corrected chi connectivity index (χ3v) is 3.44. The summed E-state index contributed by atoms with van der Waals surface area (Å²) in [6.45, 7) is 3.20. The molecular formula is C17H20N4O2. The van der Waals surface area contributed by atoms with E-state index in [1.807, 2.05) is 31.3 Å². The Morgan fingerprint density at radius 3 is 2.61 bits per heavy atom. The number of carbonyl (C=O) groups is 2. The molecule has 0 spiro atoms. The van der Waals surface area contributed by atoms with E-state index in [-0.39, 0.29) is 0 Å². The molecule has 0 bridgehead atoms. The quantitative estimate of drug-likeness (QED) is 0.826. The number of pyridine rings is 1. The third kappa shape index (κ3) is 4.54. The lowest BCUT2D eigenvalue weighted by Crippen LogP contribution is -2.35. The molecule has 0 unspecified atom stereocenters. The normalized spacial score (nSPS) is 10.0. The molecule has 6 nitrogen and oxygen atoms in total. The second kappa shape index (κ2) is 7.93. The van der Waals surface area contributed by atoms with Crippen LogP contribution in [0, 0.1) is 0 Å². The van der Waals surface area contributed by atoms with Crippen LogP contribution >= 0.6 is 0 Å². The van der Waals surface area contributed by atoms with Crippen LogP contribution in [0.15, 0.2) is 48.8 Å². The Bertz CT molecular complexity index is 673. The number of nitrogens with one attached hydrogen (secondary N) is 2. The highest BCUT2D eigenvalue weighted by Gasteiger charge is 2.14. The zero-order valence-electron chi connectivity index (χ0n) is 13.2. The molecule has 0 saturated carbocycles. The highest BCUT2D eigenvalue weighted by molar-refractivity contribution is 6.39. The number of hydrogen-bond donors (Lipinski definition) is 2. The van der Waals surface area contributed by atoms with Gasteiger partial charge in [0.1, 0.15) is 0 Å². The Hall–Kier alpha value is -2.89. The van der Waals surface area contributed by atoms with Gasteiger partial charge in [0.15, 0.2) is 0 Å². The fourth-order valence-electron chi connectivity index (χ4n) is 2.08. The minimum atomic E-state index is -0.709. The Labute approximate surface area is 135 Å². The Morgan fingerprint density at radius 1 is 1.13 bits per heavy atom. The van der Waals surface area contributed by atoms with Crippen LogP contribution in [0.1, 0.15) is 12.5 Å². The fourth-order valence-corrected chi connectivity index (χ4v) is 2.08. The average Bonchev–Trinajstić information content (AvgIpc) is 2.60. The monoisotopic (exact) mass is 312 g/mol. The number of nitrogens with zero attached hydrogens (tertiary/aromatic N) is 2. The van der Waals surface area contributed by atoms with Gasteiger partial charge in [-0.3, -0.25) is 14.6 Å². The van der Waals surface area contributed by atoms with Crippen molar-refractivity contribution >= 4 is 23.2 Å². The maximum atomic E-state index is 11.9. The van der Waals surface area contributed by atoms with E-state index in [2.05, 4.69) is 27.4 Å². The van der Waals surface area contributed by atoms with Crippen molar-refractivity contribution in [1.82, 2.24) is 10.3 Å². The molecule has 120 valence electrons. The summed E-state index contributed by atoms with van der Waals surface area (Å²) in [4.78, 5) is 29.7. The lowest BCUT2D eigenvalue weighted by Gasteiger charge is -2.20. The number of para-hydroxylation sites is 1. The summed E-state index contributed by atoms with van der Waals surface area (Å²) in [5.41, 5.74) is 2.47. The molecule has 1 heterocycles. The summed E-state index contributed by atoms with van der Waals surface area (Å²) < 4.78 is 0. The predicted molar refractivity (Wildman–Crippen MR) is 90.1 cm³/mol. The number of aromatic nitrogens is 1. The van der Waals surface area contributed by atoms with Crippen molar-refractivity contribution in [1.29, 1.82) is 0 Å². The van der Waals surface area contributed by atoms with E-state index in [0.717, 1.165) is 17.8 Å². The molecule has 2 N–H and O–H groups in total. The summed E-state index contributed by atoms with van der Waals surface area (Å²) >= 11 is 0. The molecule has 0 aliphatic carbocycles. The zero-order valence-corrected chi connectivity index (χ0v) is 13.2. The second-order valence-corrected chi connectivity index (χ2v) is 5.02. The molecule has 1 aromatic carbocycles. The van der Waals surface area contributed by atoms with Gasteiger partial charge < -0.3 is 15.5 Å². The van der Waals surface area contributed by atoms with E-state index >= 15 is 0 Å². The Morgan fingerprint density at radius 2 is 1.91 bits per heavy atom. The highest BCUT2D eigenvalue weighted by atomic mass is 16.2. The van der Waals surface area contributed by atoms with E-state index in [4.69, 9.17) is 0 Å². The van der Waals surface area contributed by atoms with E-state index < -0.39 is 11.8 Å². The summed E-state index contributed by atoms with van der Waals surface area (Å²) in [5.74, 6) is -1.39. The van der Waals surface area contributed by atoms with Crippen LogP contribution in [0.3, 0.4) is 0 Å². The summed E-state index contributed by atoms with van der Waals surface area (Å²) in [7, 11) is 1.98. The maximum absolute atomic E-state index is 11.9. The van der Waals surface area contributed by atoms with Gasteiger partial charge >= 0.3 is 11.8 Å². The number of anilines is 2. The van der Waals surface area contributed by atoms with Crippen LogP contribution in [-0.2, 0) is 16.1 Å². The molecule has 0 aliphatic heterocycles. The van der Waals surface area contributed by atoms with Crippen molar-refractivity contribution < 1.29 is 9.59 Å². The smallest absolute Gasteiger partial charge is 0.313 e. The number of rotatable bonds is 5. The minimum absolute atomic E-state index is 0.291. The lowest BCUT2D eigenvalue weighted by atomic mass is 10.1. The van der Waals surface area contributed by atoms with Crippen LogP contribution in [-0.4, -0.2) is 30.4 Å². The van der Waals surface area contributed by atoms with Gasteiger partial charge in [-0.15, -0.1) is 0 Å². The molecule has 0 radical (unpaired) electrons. The van der Waals surface area contributed by atoms with Crippen molar-refractivity contribution in [3.8, 4) is 0 Å². The average molecular weight is 312 g/mol. The largest absolute Gasteiger partial charge is 0.375 e. The van der Waals surface area contributed by atoms with Crippen molar-refractivity contribution in [2.24, 2.45) is 0 Å². The van der Waals surface area contributed by atoms with Crippen LogP contribution in [0.5, 0.6) is 0 Å². The van der Waals surface area contributed by atoms with E-state index in [1.165, 1.54) is 6.20 Å². The minimum Gasteiger partial charge on any atom is -0.375 e. The first-order valence-corrected chi connectivity index (χ1v) is 7.40. The molecule has 0 fully saturated rings. The first kappa shape index (κ1) is 16.5. The molecular weight excluding hydrogens is 292 g/mol. The molecule has 0 aliphatic rings. The van der Waals surface area contributed by atoms with Crippen molar-refractivity contribution in [2.45, 2.75) is 13.5 Å². The molecule has 6 heteroatoms. The van der Waals surface area contributed by atoms with Gasteiger partial charge in [0.05, 0.1) is 11.9 Å². The maximum Gasteiger partial charge on any atom is 0.313 e. The zero-order chi connectivity index (χ0) is 16.7. The first-order chi connectivity index (χ1) is 11.1. The predicted octanol–water partition coefficient (Wildman–Crippen LogP) is 1.79. The SMILES string of the molecule is CCN(C)c1ccccc1CNC(=O)C(=O)Nc1cccnc1. The van der Waals surface area contributed by atoms with Gasteiger partial charge in [-0.25, -0.2) is 0 Å². The Balaban J connectivity index is 1.95. The summed E-state index contributed by atoms with van der Waals surface area (Å²) in [6.07, 6.45) is 3.08. The first-order valence-electron chi connectivity index (χ1n) is 7.40. The molecule has 2 aromatic rings. The van der Waals surface area contributed by atoms with E-state index in [1.54, 1.807) is 18.3 Å². The van der Waals surface area contributed by atoms with Gasteiger partial charge in [0.2, 0.25) is 0 Å². The standard InChI is InChI=1S/C17H20N4O2/c1-3-21(2)15-9-5-4-7-13(15)11-19-16(22)17(23)20-14-8-6-10-18-12-14/h4-10,12H,3,11H2,1-2H3,(H,19,22)(H,20,23). The molecule has 0 atom stereocenters. The summed E-state index contributed by atoms with van der Waals surface area (Å²) in [6, 6.07) is 11.1. The number of hydrogen-bond acceptors (Lipinski definition) is 4. The topological polar surface area (TPSA) is 74.3 Å². The summed E-state index contributed by atoms with van der Waals surface area (Å²) in [5, 5.41) is 5.14. The van der Waals surface area contributed by atoms with Crippen LogP contribution in [0.2, 0.25) is 0 Å². The number of carbonyl (C=O) groups excluding carboxylic acids is 2. The van der Waals surface area contributed by atoms with Gasteiger partial charge in [-0.1, -0.05) is 18.2 Å². The number of amides is 2. The van der Waals surface area contributed by atoms with Gasteiger partial charge in [0.25, 0.3) is 0 Å². The second-order valence-electron chi connectivity index (χ2n) is 5.02. The van der Waals surface area contributed by atoms with Crippen molar-refractivity contribution in [3.63, 3.8) is 0 Å². The van der Waals surface area contributed by atoms with Crippen molar-refractivity contribution in [3.05, 3.63) is 54.4 Å². The lowest BCUT2D eigenvalue weighted by molar-refractivity contribution is -0.136. The highest BCUT2D eigenvalue weighted by Crippen LogP contribution is 2.18. The molecule has 2 rings (SSSR count). The van der Waals surface area contributed by atoms with E-state index in [0.29, 0.717) is 12.2 Å². The van der Waals surface area contributed by atoms with Crippen LogP contribution in [0.4, 0.5) is 11.4 Å². The van der Waals surface area contributed by atoms with Crippen LogP contribution in [0.25, 0.3) is 0 Å². The van der Waals surface area contributed by atoms with E-state index in [9.17, 15) is 9.59 Å². The van der Waals surface area contributed by atoms with Crippen molar-refractivity contribution in [2.75, 3.05) is 23.8 Å². The molecule has 0 saturated heterocycles. The molecule has 23 heavy (non-hydrogen) atoms. The van der Waals surface area contributed by atoms with Gasteiger partial charge in [-0.2, -0.15) is 0 Å². The molecule has 1 aromatic heterocycles. The fraction of sp³-hybridized carbons (Fsp3) is 0.235. The number of benzene rings is 1. The van der Waals surface area contributed by atoms with Crippen LogP contribution < -0.4 is 15.5 Å². The van der Waals surface area contributed by atoms with Gasteiger partial charge in [0, 0.05) is 32.0 Å². The Kier molecular flexibility index (Phi) is 5.68. The third-order valence-electron chi connectivity index (χ3n) is 3.44. The van der Waals surface area contributed by atoms with Gasteiger partial charge in [-0.05, 0) is 30.7 Å². The molecule has 2 amide bonds.